The highest BCUT2D eigenvalue weighted by Crippen LogP contribution is 2.30. The maximum atomic E-state index is 13.7. The standard InChI is InChI=1S/C31H31F3N4O2/c1-21-5-4-6-25(17-21)36-30(40)38(26-13-14-26)20-29(39)37(19-22-9-11-24(12-10-22)31(32,33)34)16-15-23-18-35-28-8-3-2-7-27(23)28/h2-12,17-18,26,35H,13-16,19-20H2,1H3,(H,36,40). The van der Waals surface area contributed by atoms with Gasteiger partial charge in [0.15, 0.2) is 0 Å². The van der Waals surface area contributed by atoms with Gasteiger partial charge in [0.2, 0.25) is 5.91 Å². The van der Waals surface area contributed by atoms with E-state index < -0.39 is 11.7 Å². The van der Waals surface area contributed by atoms with Crippen molar-refractivity contribution >= 4 is 28.5 Å². The van der Waals surface area contributed by atoms with E-state index in [1.54, 1.807) is 15.9 Å². The van der Waals surface area contributed by atoms with E-state index in [1.807, 2.05) is 55.6 Å². The predicted octanol–water partition coefficient (Wildman–Crippen LogP) is 6.76. The minimum atomic E-state index is -4.43. The number of aryl methyl sites for hydroxylation is 1. The average Bonchev–Trinajstić information content (AvgIpc) is 3.68. The molecule has 1 heterocycles. The van der Waals surface area contributed by atoms with Crippen molar-refractivity contribution in [2.24, 2.45) is 0 Å². The van der Waals surface area contributed by atoms with Crippen LogP contribution in [0.5, 0.6) is 0 Å². The molecule has 0 aliphatic heterocycles. The van der Waals surface area contributed by atoms with Crippen LogP contribution in [0.25, 0.3) is 10.9 Å². The van der Waals surface area contributed by atoms with Gasteiger partial charge < -0.3 is 20.1 Å². The van der Waals surface area contributed by atoms with Crippen LogP contribution in [0.2, 0.25) is 0 Å². The Labute approximate surface area is 230 Å². The van der Waals surface area contributed by atoms with E-state index in [2.05, 4.69) is 10.3 Å². The second kappa shape index (κ2) is 11.5. The van der Waals surface area contributed by atoms with E-state index in [1.165, 1.54) is 12.1 Å². The van der Waals surface area contributed by atoms with Crippen LogP contribution in [0.3, 0.4) is 0 Å². The van der Waals surface area contributed by atoms with E-state index in [9.17, 15) is 22.8 Å². The zero-order chi connectivity index (χ0) is 28.3. The van der Waals surface area contributed by atoms with Crippen LogP contribution in [0.4, 0.5) is 23.7 Å². The molecule has 0 bridgehead atoms. The number of nitrogens with zero attached hydrogens (tertiary/aromatic N) is 2. The normalized spacial score (nSPS) is 13.3. The van der Waals surface area contributed by atoms with E-state index >= 15 is 0 Å². The Morgan fingerprint density at radius 3 is 2.45 bits per heavy atom. The molecule has 5 rings (SSSR count). The summed E-state index contributed by atoms with van der Waals surface area (Å²) in [4.78, 5) is 33.3. The van der Waals surface area contributed by atoms with Crippen LogP contribution in [0.15, 0.2) is 79.0 Å². The minimum absolute atomic E-state index is 0.0182. The number of alkyl halides is 3. The summed E-state index contributed by atoms with van der Waals surface area (Å²) in [5.41, 5.74) is 3.54. The van der Waals surface area contributed by atoms with Crippen molar-refractivity contribution in [2.45, 2.75) is 44.9 Å². The summed E-state index contributed by atoms with van der Waals surface area (Å²) in [6.45, 7) is 2.30. The van der Waals surface area contributed by atoms with E-state index in [0.29, 0.717) is 24.2 Å². The zero-order valence-corrected chi connectivity index (χ0v) is 22.2. The van der Waals surface area contributed by atoms with E-state index in [0.717, 1.165) is 47.0 Å². The smallest absolute Gasteiger partial charge is 0.361 e. The van der Waals surface area contributed by atoms with Crippen LogP contribution < -0.4 is 5.32 Å². The van der Waals surface area contributed by atoms with Gasteiger partial charge >= 0.3 is 12.2 Å². The van der Waals surface area contributed by atoms with Gasteiger partial charge in [-0.3, -0.25) is 4.79 Å². The van der Waals surface area contributed by atoms with Gasteiger partial charge in [0.25, 0.3) is 0 Å². The number of fused-ring (bicyclic) bond motifs is 1. The zero-order valence-electron chi connectivity index (χ0n) is 22.2. The lowest BCUT2D eigenvalue weighted by atomic mass is 10.1. The Morgan fingerprint density at radius 2 is 1.75 bits per heavy atom. The molecule has 3 aromatic carbocycles. The lowest BCUT2D eigenvalue weighted by Gasteiger charge is -2.28. The Morgan fingerprint density at radius 1 is 1.00 bits per heavy atom. The molecular formula is C31H31F3N4O2. The molecule has 0 spiro atoms. The van der Waals surface area contributed by atoms with Crippen molar-refractivity contribution in [2.75, 3.05) is 18.4 Å². The van der Waals surface area contributed by atoms with Gasteiger partial charge in [-0.05, 0) is 73.2 Å². The fraction of sp³-hybridized carbons (Fsp3) is 0.290. The number of amides is 3. The Bertz CT molecular complexity index is 1490. The fourth-order valence-corrected chi connectivity index (χ4v) is 4.82. The first kappa shape index (κ1) is 27.3. The summed E-state index contributed by atoms with van der Waals surface area (Å²) in [6, 6.07) is 19.8. The highest BCUT2D eigenvalue weighted by molar-refractivity contribution is 5.93. The SMILES string of the molecule is Cc1cccc(NC(=O)N(CC(=O)N(CCc2c[nH]c3ccccc23)Cc2ccc(C(F)(F)F)cc2)C2CC2)c1. The van der Waals surface area contributed by atoms with Gasteiger partial charge in [-0.15, -0.1) is 0 Å². The lowest BCUT2D eigenvalue weighted by Crippen LogP contribution is -2.45. The molecule has 2 N–H and O–H groups in total. The number of aromatic amines is 1. The largest absolute Gasteiger partial charge is 0.416 e. The molecule has 1 saturated carbocycles. The quantitative estimate of drug-likeness (QED) is 0.243. The van der Waals surface area contributed by atoms with Gasteiger partial charge in [-0.2, -0.15) is 13.2 Å². The summed E-state index contributed by atoms with van der Waals surface area (Å²) < 4.78 is 39.3. The van der Waals surface area contributed by atoms with Crippen LogP contribution >= 0.6 is 0 Å². The molecule has 4 aromatic rings. The highest BCUT2D eigenvalue weighted by Gasteiger charge is 2.35. The maximum Gasteiger partial charge on any atom is 0.416 e. The molecule has 0 saturated heterocycles. The number of halogens is 3. The average molecular weight is 549 g/mol. The Balaban J connectivity index is 1.33. The third-order valence-electron chi connectivity index (χ3n) is 7.16. The Hall–Kier alpha value is -4.27. The summed E-state index contributed by atoms with van der Waals surface area (Å²) >= 11 is 0. The number of hydrogen-bond donors (Lipinski definition) is 2. The maximum absolute atomic E-state index is 13.7. The van der Waals surface area contributed by atoms with Crippen molar-refractivity contribution in [3.63, 3.8) is 0 Å². The van der Waals surface area contributed by atoms with Crippen molar-refractivity contribution < 1.29 is 22.8 Å². The van der Waals surface area contributed by atoms with Gasteiger partial charge in [-0.1, -0.05) is 42.5 Å². The number of carbonyl (C=O) groups is 2. The monoisotopic (exact) mass is 548 g/mol. The van der Waals surface area contributed by atoms with E-state index in [4.69, 9.17) is 0 Å². The summed E-state index contributed by atoms with van der Waals surface area (Å²) in [5.74, 6) is -0.258. The van der Waals surface area contributed by atoms with E-state index in [-0.39, 0.29) is 31.1 Å². The summed E-state index contributed by atoms with van der Waals surface area (Å²) in [7, 11) is 0. The second-order valence-electron chi connectivity index (χ2n) is 10.3. The number of benzene rings is 3. The fourth-order valence-electron chi connectivity index (χ4n) is 4.82. The molecule has 9 heteroatoms. The second-order valence-corrected chi connectivity index (χ2v) is 10.3. The third kappa shape index (κ3) is 6.65. The van der Waals surface area contributed by atoms with Crippen molar-refractivity contribution in [1.82, 2.24) is 14.8 Å². The van der Waals surface area contributed by atoms with Crippen LogP contribution in [0, 0.1) is 6.92 Å². The number of para-hydroxylation sites is 1. The number of anilines is 1. The number of nitrogens with one attached hydrogen (secondary N) is 2. The molecule has 0 unspecified atom stereocenters. The molecular weight excluding hydrogens is 517 g/mol. The molecule has 208 valence electrons. The van der Waals surface area contributed by atoms with Crippen LogP contribution in [0.1, 0.15) is 35.1 Å². The summed E-state index contributed by atoms with van der Waals surface area (Å²) in [5, 5.41) is 3.96. The number of rotatable bonds is 9. The molecule has 1 aliphatic rings. The van der Waals surface area contributed by atoms with Gasteiger partial charge in [0, 0.05) is 41.9 Å². The number of carbonyl (C=O) groups excluding carboxylic acids is 2. The first-order valence-electron chi connectivity index (χ1n) is 13.3. The van der Waals surface area contributed by atoms with Crippen LogP contribution in [-0.4, -0.2) is 45.9 Å². The van der Waals surface area contributed by atoms with Crippen molar-refractivity contribution in [1.29, 1.82) is 0 Å². The molecule has 0 atom stereocenters. The molecule has 3 amide bonds. The van der Waals surface area contributed by atoms with Crippen molar-refractivity contribution in [3.05, 3.63) is 101 Å². The topological polar surface area (TPSA) is 68.4 Å². The highest BCUT2D eigenvalue weighted by atomic mass is 19.4. The molecule has 1 aliphatic carbocycles. The van der Waals surface area contributed by atoms with Crippen molar-refractivity contribution in [3.8, 4) is 0 Å². The van der Waals surface area contributed by atoms with Gasteiger partial charge in [-0.25, -0.2) is 4.79 Å². The Kier molecular flexibility index (Phi) is 7.82. The van der Waals surface area contributed by atoms with Gasteiger partial charge in [0.05, 0.1) is 5.56 Å². The number of aromatic nitrogens is 1. The third-order valence-corrected chi connectivity index (χ3v) is 7.16. The molecule has 1 aromatic heterocycles. The predicted molar refractivity (Wildman–Crippen MR) is 149 cm³/mol. The van der Waals surface area contributed by atoms with Gasteiger partial charge in [0.1, 0.15) is 6.54 Å². The first-order chi connectivity index (χ1) is 19.2. The minimum Gasteiger partial charge on any atom is -0.361 e. The molecule has 40 heavy (non-hydrogen) atoms. The number of hydrogen-bond acceptors (Lipinski definition) is 2. The lowest BCUT2D eigenvalue weighted by molar-refractivity contribution is -0.137. The molecule has 6 nitrogen and oxygen atoms in total. The first-order valence-corrected chi connectivity index (χ1v) is 13.3. The number of H-pyrrole nitrogens is 1. The van der Waals surface area contributed by atoms with Crippen LogP contribution in [-0.2, 0) is 23.9 Å². The number of urea groups is 1. The molecule has 0 radical (unpaired) electrons. The summed E-state index contributed by atoms with van der Waals surface area (Å²) in [6.07, 6.45) is -0.323. The molecule has 1 fully saturated rings.